The quantitative estimate of drug-likeness (QED) is 0.745. The zero-order valence-corrected chi connectivity index (χ0v) is 12.7. The second-order valence-corrected chi connectivity index (χ2v) is 4.96. The van der Waals surface area contributed by atoms with Crippen LogP contribution < -0.4 is 20.5 Å². The predicted molar refractivity (Wildman–Crippen MR) is 80.4 cm³/mol. The molecule has 0 heterocycles. The Morgan fingerprint density at radius 3 is 2.42 bits per heavy atom. The van der Waals surface area contributed by atoms with Crippen molar-refractivity contribution in [1.82, 2.24) is 0 Å². The number of rotatable bonds is 7. The second-order valence-electron chi connectivity index (χ2n) is 4.96. The summed E-state index contributed by atoms with van der Waals surface area (Å²) in [5, 5.41) is 3.40. The summed E-state index contributed by atoms with van der Waals surface area (Å²) < 4.78 is 10.9. The third-order valence-corrected chi connectivity index (χ3v) is 3.37. The van der Waals surface area contributed by atoms with Gasteiger partial charge in [-0.3, -0.25) is 0 Å². The lowest BCUT2D eigenvalue weighted by Crippen LogP contribution is -2.16. The molecule has 108 valence electrons. The van der Waals surface area contributed by atoms with Crippen molar-refractivity contribution < 1.29 is 9.47 Å². The molecule has 1 unspecified atom stereocenters. The summed E-state index contributed by atoms with van der Waals surface area (Å²) in [5.74, 6) is 1.77. The first-order valence-corrected chi connectivity index (χ1v) is 6.72. The van der Waals surface area contributed by atoms with E-state index >= 15 is 0 Å². The molecule has 0 bridgehead atoms. The van der Waals surface area contributed by atoms with Crippen LogP contribution in [0.3, 0.4) is 0 Å². The fourth-order valence-corrected chi connectivity index (χ4v) is 2.12. The third-order valence-electron chi connectivity index (χ3n) is 3.37. The van der Waals surface area contributed by atoms with E-state index in [-0.39, 0.29) is 6.04 Å². The lowest BCUT2D eigenvalue weighted by Gasteiger charge is -2.18. The fourth-order valence-electron chi connectivity index (χ4n) is 2.12. The second kappa shape index (κ2) is 7.24. The maximum absolute atomic E-state index is 5.75. The molecule has 4 heteroatoms. The number of hydrogen-bond acceptors (Lipinski definition) is 4. The molecule has 1 aromatic rings. The molecule has 0 aliphatic heterocycles. The van der Waals surface area contributed by atoms with Crippen LogP contribution in [0.2, 0.25) is 0 Å². The van der Waals surface area contributed by atoms with E-state index in [9.17, 15) is 0 Å². The smallest absolute Gasteiger partial charge is 0.145 e. The number of hydrogen-bond donors (Lipinski definition) is 2. The zero-order chi connectivity index (χ0) is 14.4. The molecule has 0 aromatic heterocycles. The normalized spacial score (nSPS) is 12.1. The number of nitrogens with one attached hydrogen (secondary N) is 1. The molecule has 0 saturated carbocycles. The minimum atomic E-state index is 0.248. The SMILES string of the molecule is COc1cc(NCCCC(C)N)c(OC)c(C)c1C. The lowest BCUT2D eigenvalue weighted by atomic mass is 10.1. The molecule has 19 heavy (non-hydrogen) atoms. The van der Waals surface area contributed by atoms with Crippen molar-refractivity contribution in [1.29, 1.82) is 0 Å². The highest BCUT2D eigenvalue weighted by atomic mass is 16.5. The van der Waals surface area contributed by atoms with E-state index in [1.807, 2.05) is 26.8 Å². The molecule has 0 aliphatic carbocycles. The van der Waals surface area contributed by atoms with Gasteiger partial charge in [0.25, 0.3) is 0 Å². The molecule has 0 saturated heterocycles. The number of anilines is 1. The summed E-state index contributed by atoms with van der Waals surface area (Å²) in [6.45, 7) is 6.99. The highest BCUT2D eigenvalue weighted by molar-refractivity contribution is 5.66. The van der Waals surface area contributed by atoms with Crippen molar-refractivity contribution in [2.75, 3.05) is 26.1 Å². The van der Waals surface area contributed by atoms with Gasteiger partial charge in [-0.2, -0.15) is 0 Å². The molecule has 0 fully saturated rings. The van der Waals surface area contributed by atoms with E-state index in [4.69, 9.17) is 15.2 Å². The van der Waals surface area contributed by atoms with Crippen molar-refractivity contribution in [3.05, 3.63) is 17.2 Å². The molecular formula is C15H26N2O2. The Balaban J connectivity index is 2.84. The first kappa shape index (κ1) is 15.6. The van der Waals surface area contributed by atoms with E-state index in [1.54, 1.807) is 14.2 Å². The highest BCUT2D eigenvalue weighted by Crippen LogP contribution is 2.36. The van der Waals surface area contributed by atoms with Gasteiger partial charge in [-0.15, -0.1) is 0 Å². The first-order chi connectivity index (χ1) is 9.01. The maximum atomic E-state index is 5.75. The summed E-state index contributed by atoms with van der Waals surface area (Å²) in [6.07, 6.45) is 2.05. The van der Waals surface area contributed by atoms with Crippen LogP contribution in [0.5, 0.6) is 11.5 Å². The third kappa shape index (κ3) is 4.03. The molecule has 3 N–H and O–H groups in total. The summed E-state index contributed by atoms with van der Waals surface area (Å²) in [6, 6.07) is 2.24. The molecule has 0 aliphatic rings. The van der Waals surface area contributed by atoms with Gasteiger partial charge in [0.2, 0.25) is 0 Å². The molecule has 1 rings (SSSR count). The molecule has 0 spiro atoms. The van der Waals surface area contributed by atoms with Crippen molar-refractivity contribution in [3.8, 4) is 11.5 Å². The average Bonchev–Trinajstić information content (AvgIpc) is 2.38. The number of benzene rings is 1. The van der Waals surface area contributed by atoms with E-state index in [0.29, 0.717) is 0 Å². The standard InChI is InChI=1S/C15H26N2O2/c1-10(16)7-6-8-17-13-9-14(18-4)11(2)12(3)15(13)19-5/h9-10,17H,6-8,16H2,1-5H3. The van der Waals surface area contributed by atoms with Gasteiger partial charge in [-0.05, 0) is 44.7 Å². The number of ether oxygens (including phenoxy) is 2. The molecule has 0 amide bonds. The monoisotopic (exact) mass is 266 g/mol. The van der Waals surface area contributed by atoms with Gasteiger partial charge in [0, 0.05) is 18.7 Å². The van der Waals surface area contributed by atoms with Crippen LogP contribution in [0.4, 0.5) is 5.69 Å². The number of nitrogens with two attached hydrogens (primary N) is 1. The van der Waals surface area contributed by atoms with E-state index in [0.717, 1.165) is 47.7 Å². The van der Waals surface area contributed by atoms with Gasteiger partial charge in [0.05, 0.1) is 19.9 Å². The molecular weight excluding hydrogens is 240 g/mol. The van der Waals surface area contributed by atoms with E-state index in [2.05, 4.69) is 5.32 Å². The van der Waals surface area contributed by atoms with Crippen molar-refractivity contribution >= 4 is 5.69 Å². The largest absolute Gasteiger partial charge is 0.496 e. The minimum absolute atomic E-state index is 0.248. The van der Waals surface area contributed by atoms with Crippen molar-refractivity contribution in [2.45, 2.75) is 39.7 Å². The Morgan fingerprint density at radius 1 is 1.21 bits per heavy atom. The van der Waals surface area contributed by atoms with Crippen molar-refractivity contribution in [2.24, 2.45) is 5.73 Å². The molecule has 0 radical (unpaired) electrons. The van der Waals surface area contributed by atoms with Crippen molar-refractivity contribution in [3.63, 3.8) is 0 Å². The fraction of sp³-hybridized carbons (Fsp3) is 0.600. The summed E-state index contributed by atoms with van der Waals surface area (Å²) >= 11 is 0. The van der Waals surface area contributed by atoms with Crippen LogP contribution in [0, 0.1) is 13.8 Å². The van der Waals surface area contributed by atoms with E-state index < -0.39 is 0 Å². The molecule has 1 atom stereocenters. The maximum Gasteiger partial charge on any atom is 0.145 e. The molecule has 4 nitrogen and oxygen atoms in total. The van der Waals surface area contributed by atoms with Crippen LogP contribution in [0.15, 0.2) is 6.07 Å². The average molecular weight is 266 g/mol. The Kier molecular flexibility index (Phi) is 5.96. The van der Waals surface area contributed by atoms with E-state index in [1.165, 1.54) is 0 Å². The zero-order valence-electron chi connectivity index (χ0n) is 12.7. The van der Waals surface area contributed by atoms with Gasteiger partial charge in [-0.1, -0.05) is 0 Å². The topological polar surface area (TPSA) is 56.5 Å². The van der Waals surface area contributed by atoms with Crippen LogP contribution in [-0.2, 0) is 0 Å². The number of methoxy groups -OCH3 is 2. The van der Waals surface area contributed by atoms with Crippen LogP contribution in [0.1, 0.15) is 30.9 Å². The molecule has 1 aromatic carbocycles. The van der Waals surface area contributed by atoms with Gasteiger partial charge < -0.3 is 20.5 Å². The van der Waals surface area contributed by atoms with Gasteiger partial charge >= 0.3 is 0 Å². The summed E-state index contributed by atoms with van der Waals surface area (Å²) in [5.41, 5.74) is 8.94. The first-order valence-electron chi connectivity index (χ1n) is 6.72. The predicted octanol–water partition coefficient (Wildman–Crippen LogP) is 2.86. The van der Waals surface area contributed by atoms with Crippen LogP contribution in [0.25, 0.3) is 0 Å². The lowest BCUT2D eigenvalue weighted by molar-refractivity contribution is 0.399. The summed E-state index contributed by atoms with van der Waals surface area (Å²) in [4.78, 5) is 0. The Labute approximate surface area is 116 Å². The van der Waals surface area contributed by atoms with Gasteiger partial charge in [0.1, 0.15) is 11.5 Å². The summed E-state index contributed by atoms with van der Waals surface area (Å²) in [7, 11) is 3.38. The van der Waals surface area contributed by atoms with Gasteiger partial charge in [-0.25, -0.2) is 0 Å². The Morgan fingerprint density at radius 2 is 1.89 bits per heavy atom. The van der Waals surface area contributed by atoms with Gasteiger partial charge in [0.15, 0.2) is 0 Å². The minimum Gasteiger partial charge on any atom is -0.496 e. The van der Waals surface area contributed by atoms with Crippen LogP contribution >= 0.6 is 0 Å². The highest BCUT2D eigenvalue weighted by Gasteiger charge is 2.13. The van der Waals surface area contributed by atoms with Crippen LogP contribution in [-0.4, -0.2) is 26.8 Å². The Bertz CT molecular complexity index is 417. The Hall–Kier alpha value is -1.42.